The summed E-state index contributed by atoms with van der Waals surface area (Å²) in [5, 5.41) is 22.9. The summed E-state index contributed by atoms with van der Waals surface area (Å²) in [5.74, 6) is 1.48. The summed E-state index contributed by atoms with van der Waals surface area (Å²) in [6.45, 7) is 2.30. The average molecular weight is 428 g/mol. The van der Waals surface area contributed by atoms with Crippen molar-refractivity contribution in [1.82, 2.24) is 25.1 Å². The van der Waals surface area contributed by atoms with Crippen molar-refractivity contribution in [1.29, 1.82) is 0 Å². The van der Waals surface area contributed by atoms with Gasteiger partial charge in [0.05, 0.1) is 24.9 Å². The molecule has 0 aliphatic carbocycles. The summed E-state index contributed by atoms with van der Waals surface area (Å²) in [6, 6.07) is 17.1. The smallest absolute Gasteiger partial charge is 0.219 e. The van der Waals surface area contributed by atoms with E-state index in [1.807, 2.05) is 54.6 Å². The summed E-state index contributed by atoms with van der Waals surface area (Å²) in [4.78, 5) is 12.8. The SMILES string of the molecule is CC(=O)N(C)C[C@H](O)c1ccc(OCCCSc2nnnn2-c2ccccc2)cc1. The van der Waals surface area contributed by atoms with E-state index in [9.17, 15) is 9.90 Å². The number of para-hydroxylation sites is 1. The lowest BCUT2D eigenvalue weighted by atomic mass is 10.1. The number of benzene rings is 2. The molecule has 2 aromatic carbocycles. The molecular weight excluding hydrogens is 402 g/mol. The Morgan fingerprint density at radius 3 is 2.63 bits per heavy atom. The lowest BCUT2D eigenvalue weighted by Crippen LogP contribution is -2.28. The number of hydrogen-bond donors (Lipinski definition) is 1. The first-order chi connectivity index (χ1) is 14.5. The van der Waals surface area contributed by atoms with Gasteiger partial charge in [0.1, 0.15) is 5.75 Å². The molecule has 30 heavy (non-hydrogen) atoms. The van der Waals surface area contributed by atoms with Gasteiger partial charge in [0.2, 0.25) is 11.1 Å². The molecule has 8 nitrogen and oxygen atoms in total. The number of aliphatic hydroxyl groups is 1. The third-order valence-corrected chi connectivity index (χ3v) is 5.49. The van der Waals surface area contributed by atoms with E-state index in [-0.39, 0.29) is 12.5 Å². The molecule has 0 bridgehead atoms. The number of hydrogen-bond acceptors (Lipinski definition) is 7. The monoisotopic (exact) mass is 427 g/mol. The Morgan fingerprint density at radius 1 is 1.20 bits per heavy atom. The Kier molecular flexibility index (Phi) is 7.81. The number of carbonyl (C=O) groups is 1. The summed E-state index contributed by atoms with van der Waals surface area (Å²) in [5.41, 5.74) is 1.68. The zero-order valence-corrected chi connectivity index (χ0v) is 17.8. The van der Waals surface area contributed by atoms with Crippen molar-refractivity contribution in [3.63, 3.8) is 0 Å². The Balaban J connectivity index is 1.41. The van der Waals surface area contributed by atoms with Gasteiger partial charge in [0.15, 0.2) is 0 Å². The average Bonchev–Trinajstić information content (AvgIpc) is 3.23. The normalized spacial score (nSPS) is 11.8. The molecule has 0 aliphatic heterocycles. The van der Waals surface area contributed by atoms with Crippen molar-refractivity contribution in [2.45, 2.75) is 24.6 Å². The minimum absolute atomic E-state index is 0.0790. The second kappa shape index (κ2) is 10.7. The molecule has 1 aromatic heterocycles. The fourth-order valence-electron chi connectivity index (χ4n) is 2.69. The summed E-state index contributed by atoms with van der Waals surface area (Å²) >= 11 is 1.58. The van der Waals surface area contributed by atoms with Gasteiger partial charge < -0.3 is 14.7 Å². The maximum Gasteiger partial charge on any atom is 0.219 e. The zero-order chi connectivity index (χ0) is 21.3. The fraction of sp³-hybridized carbons (Fsp3) is 0.333. The van der Waals surface area contributed by atoms with Crippen LogP contribution in [0.4, 0.5) is 0 Å². The quantitative estimate of drug-likeness (QED) is 0.393. The van der Waals surface area contributed by atoms with E-state index in [4.69, 9.17) is 4.74 Å². The standard InChI is InChI=1S/C21H25N5O3S/c1-16(27)25(2)15-20(28)17-9-11-19(12-10-17)29-13-6-14-30-21-22-23-24-26(21)18-7-4-3-5-8-18/h3-5,7-12,20,28H,6,13-15H2,1-2H3/t20-/m0/s1. The highest BCUT2D eigenvalue weighted by molar-refractivity contribution is 7.99. The van der Waals surface area contributed by atoms with Crippen LogP contribution in [0.15, 0.2) is 59.8 Å². The number of carbonyl (C=O) groups excluding carboxylic acids is 1. The predicted molar refractivity (Wildman–Crippen MR) is 115 cm³/mol. The van der Waals surface area contributed by atoms with E-state index in [2.05, 4.69) is 15.5 Å². The molecule has 1 amide bonds. The van der Waals surface area contributed by atoms with Crippen LogP contribution in [-0.2, 0) is 4.79 Å². The number of aliphatic hydroxyl groups excluding tert-OH is 1. The van der Waals surface area contributed by atoms with Crippen LogP contribution in [0.1, 0.15) is 25.0 Å². The second-order valence-corrected chi connectivity index (χ2v) is 7.81. The largest absolute Gasteiger partial charge is 0.494 e. The van der Waals surface area contributed by atoms with Crippen molar-refractivity contribution in [2.75, 3.05) is 26.0 Å². The van der Waals surface area contributed by atoms with Crippen LogP contribution in [0.2, 0.25) is 0 Å². The van der Waals surface area contributed by atoms with Gasteiger partial charge in [-0.2, -0.15) is 4.68 Å². The molecule has 0 fully saturated rings. The fourth-order valence-corrected chi connectivity index (χ4v) is 3.50. The van der Waals surface area contributed by atoms with Crippen LogP contribution in [0.25, 0.3) is 5.69 Å². The van der Waals surface area contributed by atoms with Crippen LogP contribution in [-0.4, -0.2) is 62.1 Å². The van der Waals surface area contributed by atoms with Crippen molar-refractivity contribution in [2.24, 2.45) is 0 Å². The first-order valence-corrected chi connectivity index (χ1v) is 10.6. The van der Waals surface area contributed by atoms with Gasteiger partial charge in [0, 0.05) is 19.7 Å². The highest BCUT2D eigenvalue weighted by Crippen LogP contribution is 2.21. The molecule has 0 aliphatic rings. The molecule has 1 heterocycles. The minimum atomic E-state index is -0.722. The molecule has 1 N–H and O–H groups in total. The van der Waals surface area contributed by atoms with E-state index in [0.29, 0.717) is 6.61 Å². The van der Waals surface area contributed by atoms with Gasteiger partial charge in [-0.3, -0.25) is 4.79 Å². The number of rotatable bonds is 10. The van der Waals surface area contributed by atoms with Gasteiger partial charge in [-0.15, -0.1) is 5.10 Å². The molecular formula is C21H25N5O3S. The Labute approximate surface area is 179 Å². The van der Waals surface area contributed by atoms with Crippen LogP contribution < -0.4 is 4.74 Å². The Morgan fingerprint density at radius 2 is 1.93 bits per heavy atom. The summed E-state index contributed by atoms with van der Waals surface area (Å²) < 4.78 is 7.50. The van der Waals surface area contributed by atoms with Crippen molar-refractivity contribution >= 4 is 17.7 Å². The highest BCUT2D eigenvalue weighted by atomic mass is 32.2. The van der Waals surface area contributed by atoms with Crippen LogP contribution in [0, 0.1) is 0 Å². The Hall–Kier alpha value is -2.91. The third-order valence-electron chi connectivity index (χ3n) is 4.48. The molecule has 3 aromatic rings. The number of likely N-dealkylation sites (N-methyl/N-ethyl adjacent to an activating group) is 1. The Bertz CT molecular complexity index is 933. The molecule has 9 heteroatoms. The van der Waals surface area contributed by atoms with E-state index >= 15 is 0 Å². The van der Waals surface area contributed by atoms with Crippen LogP contribution in [0.3, 0.4) is 0 Å². The van der Waals surface area contributed by atoms with Crippen molar-refractivity contribution in [3.8, 4) is 11.4 Å². The third kappa shape index (κ3) is 6.04. The maximum atomic E-state index is 11.3. The van der Waals surface area contributed by atoms with E-state index < -0.39 is 6.10 Å². The number of nitrogens with zero attached hydrogens (tertiary/aromatic N) is 5. The number of thioether (sulfide) groups is 1. The topological polar surface area (TPSA) is 93.4 Å². The molecule has 0 radical (unpaired) electrons. The number of aromatic nitrogens is 4. The molecule has 0 unspecified atom stereocenters. The number of tetrazole rings is 1. The number of amides is 1. The summed E-state index contributed by atoms with van der Waals surface area (Å²) in [7, 11) is 1.67. The van der Waals surface area contributed by atoms with Gasteiger partial charge >= 0.3 is 0 Å². The van der Waals surface area contributed by atoms with Gasteiger partial charge in [-0.05, 0) is 46.7 Å². The molecule has 0 saturated carbocycles. The first-order valence-electron chi connectivity index (χ1n) is 9.63. The van der Waals surface area contributed by atoms with Crippen molar-refractivity contribution < 1.29 is 14.6 Å². The lowest BCUT2D eigenvalue weighted by molar-refractivity contribution is -0.128. The predicted octanol–water partition coefficient (Wildman–Crippen LogP) is 2.74. The molecule has 3 rings (SSSR count). The molecule has 0 spiro atoms. The van der Waals surface area contributed by atoms with Gasteiger partial charge in [0.25, 0.3) is 0 Å². The number of ether oxygens (including phenoxy) is 1. The van der Waals surface area contributed by atoms with E-state index in [1.54, 1.807) is 23.5 Å². The molecule has 0 saturated heterocycles. The first kappa shape index (κ1) is 21.8. The van der Waals surface area contributed by atoms with Crippen molar-refractivity contribution in [3.05, 3.63) is 60.2 Å². The van der Waals surface area contributed by atoms with E-state index in [1.165, 1.54) is 11.8 Å². The molecule has 158 valence electrons. The lowest BCUT2D eigenvalue weighted by Gasteiger charge is -2.19. The maximum absolute atomic E-state index is 11.3. The van der Waals surface area contributed by atoms with Crippen LogP contribution in [0.5, 0.6) is 5.75 Å². The zero-order valence-electron chi connectivity index (χ0n) is 17.0. The summed E-state index contributed by atoms with van der Waals surface area (Å²) in [6.07, 6.45) is 0.111. The van der Waals surface area contributed by atoms with E-state index in [0.717, 1.165) is 34.3 Å². The molecule has 1 atom stereocenters. The minimum Gasteiger partial charge on any atom is -0.494 e. The van der Waals surface area contributed by atoms with Gasteiger partial charge in [-0.1, -0.05) is 42.1 Å². The van der Waals surface area contributed by atoms with Crippen LogP contribution >= 0.6 is 11.8 Å². The van der Waals surface area contributed by atoms with Gasteiger partial charge in [-0.25, -0.2) is 0 Å². The highest BCUT2D eigenvalue weighted by Gasteiger charge is 2.12. The second-order valence-electron chi connectivity index (χ2n) is 6.74.